The van der Waals surface area contributed by atoms with Gasteiger partial charge in [-0.3, -0.25) is 0 Å². The minimum atomic E-state index is -0.339. The predicted molar refractivity (Wildman–Crippen MR) is 141 cm³/mol. The van der Waals surface area contributed by atoms with Crippen molar-refractivity contribution in [1.29, 1.82) is 0 Å². The highest BCUT2D eigenvalue weighted by atomic mass is 19.1. The van der Waals surface area contributed by atoms with Gasteiger partial charge in [0.2, 0.25) is 0 Å². The average molecular weight is 471 g/mol. The van der Waals surface area contributed by atoms with E-state index in [1.165, 1.54) is 48.8 Å². The Morgan fingerprint density at radius 3 is 2.17 bits per heavy atom. The lowest BCUT2D eigenvalue weighted by Crippen LogP contribution is -2.34. The molecule has 0 N–H and O–H groups in total. The summed E-state index contributed by atoms with van der Waals surface area (Å²) in [5.41, 5.74) is 7.10. The van der Waals surface area contributed by atoms with Gasteiger partial charge in [-0.05, 0) is 82.2 Å². The van der Waals surface area contributed by atoms with Gasteiger partial charge in [0.25, 0.3) is 0 Å². The molecule has 0 amide bonds. The van der Waals surface area contributed by atoms with E-state index in [0.717, 1.165) is 17.5 Å². The van der Waals surface area contributed by atoms with E-state index in [-0.39, 0.29) is 28.5 Å². The van der Waals surface area contributed by atoms with Gasteiger partial charge < -0.3 is 4.74 Å². The van der Waals surface area contributed by atoms with E-state index in [9.17, 15) is 9.18 Å². The Morgan fingerprint density at radius 1 is 0.914 bits per heavy atom. The first-order valence-electron chi connectivity index (χ1n) is 12.3. The maximum absolute atomic E-state index is 13.5. The third-order valence-electron chi connectivity index (χ3n) is 7.53. The highest BCUT2D eigenvalue weighted by Crippen LogP contribution is 2.46. The maximum atomic E-state index is 13.5. The monoisotopic (exact) mass is 470 g/mol. The van der Waals surface area contributed by atoms with E-state index in [0.29, 0.717) is 5.56 Å². The summed E-state index contributed by atoms with van der Waals surface area (Å²) < 4.78 is 18.3. The van der Waals surface area contributed by atoms with Crippen LogP contribution in [-0.4, -0.2) is 13.1 Å². The molecular weight excluding hydrogens is 435 g/mol. The first-order valence-corrected chi connectivity index (χ1v) is 12.3. The largest absolute Gasteiger partial charge is 0.465 e. The summed E-state index contributed by atoms with van der Waals surface area (Å²) in [6.45, 7) is 9.38. The molecule has 182 valence electrons. The van der Waals surface area contributed by atoms with Crippen molar-refractivity contribution in [2.45, 2.75) is 63.7 Å². The van der Waals surface area contributed by atoms with Gasteiger partial charge in [0, 0.05) is 5.92 Å². The van der Waals surface area contributed by atoms with Crippen molar-refractivity contribution in [2.24, 2.45) is 0 Å². The van der Waals surface area contributed by atoms with Crippen molar-refractivity contribution >= 4 is 12.0 Å². The summed E-state index contributed by atoms with van der Waals surface area (Å²) in [6.07, 6.45) is 7.46. The summed E-state index contributed by atoms with van der Waals surface area (Å²) in [5, 5.41) is 0. The fourth-order valence-corrected chi connectivity index (χ4v) is 5.08. The second-order valence-electron chi connectivity index (χ2n) is 11.0. The molecule has 2 nitrogen and oxygen atoms in total. The van der Waals surface area contributed by atoms with Gasteiger partial charge in [-0.1, -0.05) is 82.3 Å². The number of esters is 1. The van der Waals surface area contributed by atoms with Crippen molar-refractivity contribution in [2.75, 3.05) is 7.11 Å². The Kier molecular flexibility index (Phi) is 6.98. The van der Waals surface area contributed by atoms with Gasteiger partial charge in [0.15, 0.2) is 0 Å². The number of ether oxygens (including phenoxy) is 1. The molecule has 0 bridgehead atoms. The average Bonchev–Trinajstić information content (AvgIpc) is 2.85. The van der Waals surface area contributed by atoms with Gasteiger partial charge >= 0.3 is 5.97 Å². The van der Waals surface area contributed by atoms with Crippen LogP contribution < -0.4 is 0 Å². The lowest BCUT2D eigenvalue weighted by Gasteiger charge is -2.42. The summed E-state index contributed by atoms with van der Waals surface area (Å²) in [7, 11) is 1.39. The van der Waals surface area contributed by atoms with Crippen molar-refractivity contribution in [3.05, 3.63) is 112 Å². The quantitative estimate of drug-likeness (QED) is 0.341. The van der Waals surface area contributed by atoms with Gasteiger partial charge in [-0.2, -0.15) is 0 Å². The first-order chi connectivity index (χ1) is 16.6. The molecule has 1 unspecified atom stereocenters. The number of carbonyl (C=O) groups excluding carboxylic acids is 1. The molecule has 3 aromatic carbocycles. The second-order valence-corrected chi connectivity index (χ2v) is 11.0. The Hall–Kier alpha value is -3.20. The molecule has 0 saturated carbocycles. The molecule has 0 spiro atoms. The molecule has 35 heavy (non-hydrogen) atoms. The molecule has 3 aromatic rings. The van der Waals surface area contributed by atoms with Crippen LogP contribution in [0.1, 0.15) is 84.6 Å². The Bertz CT molecular complexity index is 1220. The van der Waals surface area contributed by atoms with Gasteiger partial charge in [0.1, 0.15) is 5.82 Å². The van der Waals surface area contributed by atoms with Crippen LogP contribution in [0.4, 0.5) is 4.39 Å². The zero-order chi connectivity index (χ0) is 25.2. The third kappa shape index (κ3) is 5.56. The number of hydrogen-bond acceptors (Lipinski definition) is 2. The summed E-state index contributed by atoms with van der Waals surface area (Å²) in [4.78, 5) is 11.8. The fourth-order valence-electron chi connectivity index (χ4n) is 5.08. The van der Waals surface area contributed by atoms with Crippen LogP contribution in [0.15, 0.2) is 72.8 Å². The lowest BCUT2D eigenvalue weighted by atomic mass is 9.62. The second kappa shape index (κ2) is 9.81. The maximum Gasteiger partial charge on any atom is 0.337 e. The van der Waals surface area contributed by atoms with Crippen molar-refractivity contribution < 1.29 is 13.9 Å². The number of rotatable bonds is 6. The number of benzene rings is 3. The van der Waals surface area contributed by atoms with Crippen LogP contribution in [0.5, 0.6) is 0 Å². The van der Waals surface area contributed by atoms with E-state index in [1.807, 2.05) is 24.3 Å². The molecule has 1 aliphatic rings. The lowest BCUT2D eigenvalue weighted by molar-refractivity contribution is 0.0600. The fraction of sp³-hybridized carbons (Fsp3) is 0.344. The number of halogens is 1. The number of carbonyl (C=O) groups is 1. The van der Waals surface area contributed by atoms with Gasteiger partial charge in [-0.25, -0.2) is 9.18 Å². The first kappa shape index (κ1) is 24.9. The summed E-state index contributed by atoms with van der Waals surface area (Å²) in [6, 6.07) is 21.2. The van der Waals surface area contributed by atoms with Crippen LogP contribution in [0.25, 0.3) is 6.08 Å². The minimum Gasteiger partial charge on any atom is -0.465 e. The van der Waals surface area contributed by atoms with Crippen LogP contribution in [0.2, 0.25) is 0 Å². The predicted octanol–water partition coefficient (Wildman–Crippen LogP) is 8.00. The Morgan fingerprint density at radius 2 is 1.54 bits per heavy atom. The van der Waals surface area contributed by atoms with E-state index < -0.39 is 0 Å². The molecule has 0 radical (unpaired) electrons. The third-order valence-corrected chi connectivity index (χ3v) is 7.53. The normalized spacial score (nSPS) is 17.1. The van der Waals surface area contributed by atoms with Gasteiger partial charge in [-0.15, -0.1) is 0 Å². The molecular formula is C32H35FO2. The molecule has 1 atom stereocenters. The Labute approximate surface area is 208 Å². The molecule has 0 heterocycles. The van der Waals surface area contributed by atoms with Crippen molar-refractivity contribution in [3.8, 4) is 0 Å². The van der Waals surface area contributed by atoms with E-state index >= 15 is 0 Å². The molecule has 3 heteroatoms. The van der Waals surface area contributed by atoms with Gasteiger partial charge in [0.05, 0.1) is 12.7 Å². The van der Waals surface area contributed by atoms with Crippen molar-refractivity contribution in [1.82, 2.24) is 0 Å². The standard InChI is InChI=1S/C32H35FO2/c1-31(2)18-19-32(3,4)29-21-26(14-17-28(29)31)25(20-23-9-15-27(33)16-10-23)13-8-22-6-11-24(12-7-22)30(34)35-5/h6-17,21,25H,18-20H2,1-5H3/b13-8+. The number of hydrogen-bond donors (Lipinski definition) is 0. The topological polar surface area (TPSA) is 26.3 Å². The molecule has 0 aromatic heterocycles. The van der Waals surface area contributed by atoms with Crippen molar-refractivity contribution in [3.63, 3.8) is 0 Å². The van der Waals surface area contributed by atoms with Crippen LogP contribution in [0.3, 0.4) is 0 Å². The highest BCUT2D eigenvalue weighted by Gasteiger charge is 2.37. The zero-order valence-corrected chi connectivity index (χ0v) is 21.4. The molecule has 0 fully saturated rings. The summed E-state index contributed by atoms with van der Waals surface area (Å²) in [5.74, 6) is -0.425. The van der Waals surface area contributed by atoms with Crippen LogP contribution >= 0.6 is 0 Å². The number of methoxy groups -OCH3 is 1. The smallest absolute Gasteiger partial charge is 0.337 e. The molecule has 1 aliphatic carbocycles. The van der Waals surface area contributed by atoms with Crippen LogP contribution in [-0.2, 0) is 22.0 Å². The highest BCUT2D eigenvalue weighted by molar-refractivity contribution is 5.89. The zero-order valence-electron chi connectivity index (χ0n) is 21.4. The minimum absolute atomic E-state index is 0.131. The number of allylic oxidation sites excluding steroid dienone is 1. The molecule has 0 aliphatic heterocycles. The SMILES string of the molecule is COC(=O)c1ccc(/C=C/C(Cc2ccc(F)cc2)c2ccc3c(c2)C(C)(C)CCC3(C)C)cc1. The molecule has 0 saturated heterocycles. The van der Waals surface area contributed by atoms with E-state index in [4.69, 9.17) is 4.74 Å². The van der Waals surface area contributed by atoms with Crippen LogP contribution in [0, 0.1) is 5.82 Å². The van der Waals surface area contributed by atoms with E-state index in [2.05, 4.69) is 58.0 Å². The molecule has 4 rings (SSSR count). The Balaban J connectivity index is 1.70. The summed E-state index contributed by atoms with van der Waals surface area (Å²) >= 11 is 0. The number of fused-ring (bicyclic) bond motifs is 1. The van der Waals surface area contributed by atoms with E-state index in [1.54, 1.807) is 12.1 Å².